The molecule has 0 aromatic heterocycles. The summed E-state index contributed by atoms with van der Waals surface area (Å²) in [5.41, 5.74) is -0.652. The summed E-state index contributed by atoms with van der Waals surface area (Å²) in [4.78, 5) is 0. The van der Waals surface area contributed by atoms with Crippen molar-refractivity contribution < 1.29 is 17.6 Å². The van der Waals surface area contributed by atoms with Gasteiger partial charge in [-0.25, -0.2) is 4.39 Å². The molecule has 22 heavy (non-hydrogen) atoms. The summed E-state index contributed by atoms with van der Waals surface area (Å²) in [6, 6.07) is 8.79. The van der Waals surface area contributed by atoms with Crippen molar-refractivity contribution in [2.24, 2.45) is 0 Å². The first kappa shape index (κ1) is 16.5. The summed E-state index contributed by atoms with van der Waals surface area (Å²) in [5.74, 6) is -0.697. The number of alkyl halides is 3. The van der Waals surface area contributed by atoms with E-state index < -0.39 is 17.6 Å². The van der Waals surface area contributed by atoms with Crippen molar-refractivity contribution in [3.8, 4) is 0 Å². The van der Waals surface area contributed by atoms with Gasteiger partial charge in [0.25, 0.3) is 0 Å². The summed E-state index contributed by atoms with van der Waals surface area (Å²) < 4.78 is 51.5. The first-order valence-electron chi connectivity index (χ1n) is 5.96. The lowest BCUT2D eigenvalue weighted by atomic mass is 10.2. The molecule has 0 atom stereocenters. The smallest absolute Gasteiger partial charge is 0.332 e. The van der Waals surface area contributed by atoms with Crippen molar-refractivity contribution in [3.05, 3.63) is 58.9 Å². The predicted octanol–water partition coefficient (Wildman–Crippen LogP) is 5.31. The lowest BCUT2D eigenvalue weighted by Crippen LogP contribution is -2.20. The number of nitrogens with one attached hydrogen (secondary N) is 2. The number of hydrogen-bond donors (Lipinski definition) is 2. The molecule has 0 amide bonds. The van der Waals surface area contributed by atoms with Gasteiger partial charge in [0.1, 0.15) is 0 Å². The molecule has 0 fully saturated rings. The minimum atomic E-state index is -4.45. The molecule has 2 N–H and O–H groups in total. The van der Waals surface area contributed by atoms with Crippen LogP contribution in [0.25, 0.3) is 0 Å². The summed E-state index contributed by atoms with van der Waals surface area (Å²) in [6.07, 6.45) is -4.45. The second-order valence-corrected chi connectivity index (χ2v) is 5.07. The van der Waals surface area contributed by atoms with Crippen LogP contribution < -0.4 is 10.6 Å². The molecule has 0 saturated heterocycles. The Morgan fingerprint density at radius 3 is 2.41 bits per heavy atom. The highest BCUT2D eigenvalue weighted by Gasteiger charge is 2.30. The molecule has 0 unspecified atom stereocenters. The summed E-state index contributed by atoms with van der Waals surface area (Å²) >= 11 is 10.6. The van der Waals surface area contributed by atoms with Gasteiger partial charge in [0, 0.05) is 5.69 Å². The van der Waals surface area contributed by atoms with E-state index in [1.54, 1.807) is 0 Å². The minimum Gasteiger partial charge on any atom is -0.332 e. The molecule has 0 heterocycles. The van der Waals surface area contributed by atoms with Crippen LogP contribution >= 0.6 is 23.8 Å². The van der Waals surface area contributed by atoms with Crippen molar-refractivity contribution >= 4 is 40.3 Å². The van der Waals surface area contributed by atoms with Gasteiger partial charge in [-0.3, -0.25) is 0 Å². The number of rotatable bonds is 2. The van der Waals surface area contributed by atoms with E-state index >= 15 is 0 Å². The van der Waals surface area contributed by atoms with Gasteiger partial charge >= 0.3 is 6.18 Å². The molecule has 8 heteroatoms. The Labute approximate surface area is 134 Å². The van der Waals surface area contributed by atoms with Crippen molar-refractivity contribution in [1.82, 2.24) is 0 Å². The monoisotopic (exact) mass is 348 g/mol. The van der Waals surface area contributed by atoms with Crippen LogP contribution in [0.4, 0.5) is 28.9 Å². The molecule has 116 valence electrons. The lowest BCUT2D eigenvalue weighted by molar-refractivity contribution is -0.137. The molecular weight excluding hydrogens is 340 g/mol. The Morgan fingerprint density at radius 1 is 1.05 bits per heavy atom. The van der Waals surface area contributed by atoms with Gasteiger partial charge in [0.2, 0.25) is 0 Å². The Morgan fingerprint density at radius 2 is 1.73 bits per heavy atom. The molecule has 0 radical (unpaired) electrons. The average Bonchev–Trinajstić information content (AvgIpc) is 2.43. The van der Waals surface area contributed by atoms with Crippen LogP contribution in [0.3, 0.4) is 0 Å². The fourth-order valence-electron chi connectivity index (χ4n) is 1.66. The number of anilines is 2. The van der Waals surface area contributed by atoms with Crippen molar-refractivity contribution in [2.75, 3.05) is 10.6 Å². The zero-order chi connectivity index (χ0) is 16.3. The minimum absolute atomic E-state index is 0.0250. The Hall–Kier alpha value is -1.86. The van der Waals surface area contributed by atoms with Gasteiger partial charge in [-0.2, -0.15) is 13.2 Å². The third-order valence-corrected chi connectivity index (χ3v) is 3.14. The molecule has 0 bridgehead atoms. The van der Waals surface area contributed by atoms with Crippen LogP contribution in [-0.2, 0) is 6.18 Å². The van der Waals surface area contributed by atoms with Crippen LogP contribution in [0.5, 0.6) is 0 Å². The topological polar surface area (TPSA) is 24.1 Å². The third-order valence-electron chi connectivity index (χ3n) is 2.65. The molecule has 2 aromatic rings. The van der Waals surface area contributed by atoms with Gasteiger partial charge in [-0.1, -0.05) is 23.7 Å². The van der Waals surface area contributed by atoms with Crippen LogP contribution in [0.1, 0.15) is 5.56 Å². The van der Waals surface area contributed by atoms with Gasteiger partial charge in [-0.15, -0.1) is 0 Å². The summed E-state index contributed by atoms with van der Waals surface area (Å²) in [5, 5.41) is 4.95. The fourth-order valence-corrected chi connectivity index (χ4v) is 2.06. The second kappa shape index (κ2) is 6.50. The van der Waals surface area contributed by atoms with Crippen LogP contribution in [0.15, 0.2) is 42.5 Å². The first-order chi connectivity index (χ1) is 10.3. The molecular formula is C14H9ClF4N2S. The number of halogens is 5. The maximum Gasteiger partial charge on any atom is 0.416 e. The van der Waals surface area contributed by atoms with E-state index in [0.717, 1.165) is 12.1 Å². The third kappa shape index (κ3) is 4.08. The van der Waals surface area contributed by atoms with Crippen LogP contribution in [0.2, 0.25) is 5.02 Å². The molecule has 0 spiro atoms. The molecule has 2 nitrogen and oxygen atoms in total. The predicted molar refractivity (Wildman–Crippen MR) is 82.7 cm³/mol. The van der Waals surface area contributed by atoms with E-state index in [-0.39, 0.29) is 21.5 Å². The van der Waals surface area contributed by atoms with Crippen LogP contribution in [-0.4, -0.2) is 5.11 Å². The van der Waals surface area contributed by atoms with E-state index in [1.807, 2.05) is 0 Å². The molecule has 0 aliphatic rings. The van der Waals surface area contributed by atoms with E-state index in [9.17, 15) is 17.6 Å². The van der Waals surface area contributed by atoms with E-state index in [2.05, 4.69) is 10.6 Å². The number of benzene rings is 2. The standard InChI is InChI=1S/C14H9ClF4N2S/c15-10-5-2-6-11(12(10)16)21-13(22)20-9-4-1-3-8(7-9)14(17,18)19/h1-7H,(H2,20,21,22). The van der Waals surface area contributed by atoms with Crippen molar-refractivity contribution in [1.29, 1.82) is 0 Å². The Bertz CT molecular complexity index is 703. The van der Waals surface area contributed by atoms with Crippen molar-refractivity contribution in [2.45, 2.75) is 6.18 Å². The Kier molecular flexibility index (Phi) is 4.87. The van der Waals surface area contributed by atoms with E-state index in [0.29, 0.717) is 0 Å². The largest absolute Gasteiger partial charge is 0.416 e. The summed E-state index contributed by atoms with van der Waals surface area (Å²) in [6.45, 7) is 0. The average molecular weight is 349 g/mol. The molecule has 0 aliphatic heterocycles. The number of hydrogen-bond acceptors (Lipinski definition) is 1. The molecule has 2 aromatic carbocycles. The van der Waals surface area contributed by atoms with E-state index in [1.165, 1.54) is 30.3 Å². The van der Waals surface area contributed by atoms with Crippen molar-refractivity contribution in [3.63, 3.8) is 0 Å². The maximum atomic E-state index is 13.7. The zero-order valence-electron chi connectivity index (χ0n) is 10.8. The summed E-state index contributed by atoms with van der Waals surface area (Å²) in [7, 11) is 0. The van der Waals surface area contributed by atoms with Gasteiger partial charge in [0.05, 0.1) is 16.3 Å². The van der Waals surface area contributed by atoms with E-state index in [4.69, 9.17) is 23.8 Å². The first-order valence-corrected chi connectivity index (χ1v) is 6.75. The maximum absolute atomic E-state index is 13.7. The highest BCUT2D eigenvalue weighted by atomic mass is 35.5. The fraction of sp³-hybridized carbons (Fsp3) is 0.0714. The quantitative estimate of drug-likeness (QED) is 0.568. The van der Waals surface area contributed by atoms with Gasteiger partial charge in [0.15, 0.2) is 10.9 Å². The highest BCUT2D eigenvalue weighted by molar-refractivity contribution is 7.80. The van der Waals surface area contributed by atoms with Gasteiger partial charge in [-0.05, 0) is 42.5 Å². The molecule has 0 saturated carbocycles. The zero-order valence-corrected chi connectivity index (χ0v) is 12.4. The molecule has 2 rings (SSSR count). The SMILES string of the molecule is Fc1c(Cl)cccc1NC(=S)Nc1cccc(C(F)(F)F)c1. The van der Waals surface area contributed by atoms with Crippen LogP contribution in [0, 0.1) is 5.82 Å². The number of thiocarbonyl (C=S) groups is 1. The lowest BCUT2D eigenvalue weighted by Gasteiger charge is -2.13. The second-order valence-electron chi connectivity index (χ2n) is 4.26. The Balaban J connectivity index is 2.11. The van der Waals surface area contributed by atoms with Gasteiger partial charge < -0.3 is 10.6 Å². The molecule has 0 aliphatic carbocycles. The normalized spacial score (nSPS) is 11.1. The highest BCUT2D eigenvalue weighted by Crippen LogP contribution is 2.30.